The zero-order valence-corrected chi connectivity index (χ0v) is 14.2. The number of nitrogens with zero attached hydrogens (tertiary/aromatic N) is 1. The minimum Gasteiger partial charge on any atom is -0.632 e. The lowest BCUT2D eigenvalue weighted by Gasteiger charge is -2.53. The lowest BCUT2D eigenvalue weighted by Crippen LogP contribution is -2.57. The highest BCUT2D eigenvalue weighted by atomic mass is 16.6. The second-order valence-electron chi connectivity index (χ2n) is 6.89. The molecule has 2 aliphatic heterocycles. The third-order valence-electron chi connectivity index (χ3n) is 5.80. The molecule has 0 spiro atoms. The van der Waals surface area contributed by atoms with E-state index in [1.807, 2.05) is 18.2 Å². The van der Waals surface area contributed by atoms with Gasteiger partial charge in [0.1, 0.15) is 18.7 Å². The number of benzene rings is 1. The van der Waals surface area contributed by atoms with E-state index in [1.54, 1.807) is 21.3 Å². The van der Waals surface area contributed by atoms with Crippen molar-refractivity contribution < 1.29 is 24.0 Å². The van der Waals surface area contributed by atoms with Crippen LogP contribution in [0, 0.1) is 5.21 Å². The van der Waals surface area contributed by atoms with Crippen LogP contribution in [0.15, 0.2) is 23.8 Å². The molecule has 1 saturated heterocycles. The third-order valence-corrected chi connectivity index (χ3v) is 5.80. The van der Waals surface area contributed by atoms with Crippen molar-refractivity contribution in [2.24, 2.45) is 0 Å². The van der Waals surface area contributed by atoms with Gasteiger partial charge in [-0.15, -0.1) is 0 Å². The molecular weight excluding hydrogens is 310 g/mol. The molecule has 0 radical (unpaired) electrons. The van der Waals surface area contributed by atoms with Crippen molar-refractivity contribution in [1.82, 2.24) is 0 Å². The molecule has 1 aromatic carbocycles. The summed E-state index contributed by atoms with van der Waals surface area (Å²) in [4.78, 5) is 0. The number of hydrogen-bond donors (Lipinski definition) is 1. The van der Waals surface area contributed by atoms with Gasteiger partial charge in [-0.3, -0.25) is 0 Å². The molecule has 24 heavy (non-hydrogen) atoms. The Morgan fingerprint density at radius 2 is 1.88 bits per heavy atom. The van der Waals surface area contributed by atoms with Gasteiger partial charge in [0.2, 0.25) is 0 Å². The van der Waals surface area contributed by atoms with Gasteiger partial charge in [-0.1, -0.05) is 0 Å². The maximum absolute atomic E-state index is 13.4. The number of aliphatic hydroxyl groups is 1. The maximum atomic E-state index is 13.4. The zero-order valence-electron chi connectivity index (χ0n) is 14.2. The Kier molecular flexibility index (Phi) is 3.61. The second kappa shape index (κ2) is 5.46. The van der Waals surface area contributed by atoms with Gasteiger partial charge in [0, 0.05) is 19.1 Å². The summed E-state index contributed by atoms with van der Waals surface area (Å²) in [6.07, 6.45) is 1.59. The summed E-state index contributed by atoms with van der Waals surface area (Å²) in [6, 6.07) is 3.57. The van der Waals surface area contributed by atoms with Gasteiger partial charge in [-0.2, -0.15) is 0 Å². The highest BCUT2D eigenvalue weighted by Crippen LogP contribution is 2.52. The highest BCUT2D eigenvalue weighted by molar-refractivity contribution is 5.51. The van der Waals surface area contributed by atoms with Crippen LogP contribution >= 0.6 is 0 Å². The van der Waals surface area contributed by atoms with Gasteiger partial charge in [0.15, 0.2) is 11.5 Å². The number of hydroxylamine groups is 3. The molecule has 1 fully saturated rings. The fraction of sp³-hybridized carbons (Fsp3) is 0.556. The van der Waals surface area contributed by atoms with E-state index in [-0.39, 0.29) is 22.7 Å². The SMILES string of the molecule is COc1cc2c(cc1OC)[C@@H]1[C@H](O)[C@@H](OC)C=C3CC[N@+]([O-])(C2)[C@H]31. The molecule has 0 saturated carbocycles. The normalized spacial score (nSPS) is 36.6. The highest BCUT2D eigenvalue weighted by Gasteiger charge is 2.55. The number of hydrogen-bond acceptors (Lipinski definition) is 5. The Balaban J connectivity index is 1.91. The fourth-order valence-corrected chi connectivity index (χ4v) is 4.72. The fourth-order valence-electron chi connectivity index (χ4n) is 4.72. The van der Waals surface area contributed by atoms with Crippen molar-refractivity contribution in [2.45, 2.75) is 37.1 Å². The molecule has 2 heterocycles. The summed E-state index contributed by atoms with van der Waals surface area (Å²) in [5.74, 6) is 0.959. The van der Waals surface area contributed by atoms with Crippen molar-refractivity contribution in [3.8, 4) is 11.5 Å². The number of ether oxygens (including phenoxy) is 3. The van der Waals surface area contributed by atoms with E-state index >= 15 is 0 Å². The lowest BCUT2D eigenvalue weighted by molar-refractivity contribution is -0.907. The van der Waals surface area contributed by atoms with Gasteiger partial charge in [-0.05, 0) is 29.3 Å². The van der Waals surface area contributed by atoms with Gasteiger partial charge < -0.3 is 29.2 Å². The lowest BCUT2D eigenvalue weighted by atomic mass is 9.73. The van der Waals surface area contributed by atoms with E-state index in [4.69, 9.17) is 14.2 Å². The monoisotopic (exact) mass is 333 g/mol. The Hall–Kier alpha value is -1.60. The molecule has 3 aliphatic rings. The molecule has 6 nitrogen and oxygen atoms in total. The van der Waals surface area contributed by atoms with Crippen LogP contribution in [0.4, 0.5) is 0 Å². The van der Waals surface area contributed by atoms with Crippen LogP contribution in [0.25, 0.3) is 0 Å². The molecule has 0 unspecified atom stereocenters. The van der Waals surface area contributed by atoms with Gasteiger partial charge in [-0.25, -0.2) is 0 Å². The van der Waals surface area contributed by atoms with Crippen molar-refractivity contribution in [3.05, 3.63) is 40.1 Å². The number of fused-ring (bicyclic) bond motifs is 2. The minimum absolute atomic E-state index is 0.225. The second-order valence-corrected chi connectivity index (χ2v) is 6.89. The van der Waals surface area contributed by atoms with Crippen molar-refractivity contribution in [1.29, 1.82) is 0 Å². The third kappa shape index (κ3) is 2.04. The molecule has 130 valence electrons. The van der Waals surface area contributed by atoms with E-state index < -0.39 is 6.10 Å². The molecule has 0 bridgehead atoms. The standard InChI is InChI=1S/C18H23NO5/c1-22-13-7-11-9-19(21)5-4-10-6-15(24-3)18(20)16(17(10)19)12(11)8-14(13)23-2/h6-8,15-18,20H,4-5,9H2,1-3H3/t15-,16-,17+,18+,19-/m0/s1. The first-order valence-electron chi connectivity index (χ1n) is 8.26. The summed E-state index contributed by atoms with van der Waals surface area (Å²) in [7, 11) is 4.78. The summed E-state index contributed by atoms with van der Waals surface area (Å²) in [5.41, 5.74) is 3.03. The van der Waals surface area contributed by atoms with E-state index in [0.717, 1.165) is 23.1 Å². The summed E-state index contributed by atoms with van der Waals surface area (Å²) >= 11 is 0. The Morgan fingerprint density at radius 3 is 2.54 bits per heavy atom. The molecule has 1 N–H and O–H groups in total. The topological polar surface area (TPSA) is 71.0 Å². The van der Waals surface area contributed by atoms with Crippen molar-refractivity contribution >= 4 is 0 Å². The first kappa shape index (κ1) is 15.9. The smallest absolute Gasteiger partial charge is 0.161 e. The molecule has 0 amide bonds. The van der Waals surface area contributed by atoms with Crippen LogP contribution < -0.4 is 9.47 Å². The van der Waals surface area contributed by atoms with Crippen LogP contribution in [0.1, 0.15) is 23.5 Å². The molecule has 6 heteroatoms. The van der Waals surface area contributed by atoms with Crippen molar-refractivity contribution in [2.75, 3.05) is 27.9 Å². The van der Waals surface area contributed by atoms with E-state index in [9.17, 15) is 10.3 Å². The van der Waals surface area contributed by atoms with Crippen LogP contribution in [0.2, 0.25) is 0 Å². The van der Waals surface area contributed by atoms with Crippen LogP contribution in [0.3, 0.4) is 0 Å². The van der Waals surface area contributed by atoms with Gasteiger partial charge >= 0.3 is 0 Å². The number of methoxy groups -OCH3 is 3. The van der Waals surface area contributed by atoms with Crippen molar-refractivity contribution in [3.63, 3.8) is 0 Å². The molecule has 0 aromatic heterocycles. The first-order valence-corrected chi connectivity index (χ1v) is 8.26. The van der Waals surface area contributed by atoms with Crippen LogP contribution in [-0.2, 0) is 11.3 Å². The zero-order chi connectivity index (χ0) is 17.1. The Morgan fingerprint density at radius 1 is 1.17 bits per heavy atom. The van der Waals surface area contributed by atoms with E-state index in [0.29, 0.717) is 24.6 Å². The number of quaternary nitrogens is 1. The Bertz CT molecular complexity index is 703. The number of aliphatic hydroxyl groups excluding tert-OH is 1. The molecule has 1 aliphatic carbocycles. The summed E-state index contributed by atoms with van der Waals surface area (Å²) in [5, 5.41) is 24.3. The quantitative estimate of drug-likeness (QED) is 0.518. The molecule has 4 rings (SSSR count). The maximum Gasteiger partial charge on any atom is 0.161 e. The first-order chi connectivity index (χ1) is 11.5. The van der Waals surface area contributed by atoms with E-state index in [1.165, 1.54) is 0 Å². The predicted molar refractivity (Wildman–Crippen MR) is 87.8 cm³/mol. The minimum atomic E-state index is -0.745. The van der Waals surface area contributed by atoms with Crippen LogP contribution in [-0.4, -0.2) is 55.9 Å². The van der Waals surface area contributed by atoms with E-state index in [2.05, 4.69) is 0 Å². The van der Waals surface area contributed by atoms with Gasteiger partial charge in [0.25, 0.3) is 0 Å². The summed E-state index contributed by atoms with van der Waals surface area (Å²) < 4.78 is 16.0. The van der Waals surface area contributed by atoms with Gasteiger partial charge in [0.05, 0.1) is 32.8 Å². The largest absolute Gasteiger partial charge is 0.632 e. The molecule has 5 atom stereocenters. The molecular formula is C18H23NO5. The average Bonchev–Trinajstić information content (AvgIpc) is 2.92. The molecule has 1 aromatic rings. The van der Waals surface area contributed by atoms with Crippen LogP contribution in [0.5, 0.6) is 11.5 Å². The average molecular weight is 333 g/mol. The summed E-state index contributed by atoms with van der Waals surface area (Å²) in [6.45, 7) is 0.947. The predicted octanol–water partition coefficient (Wildman–Crippen LogP) is 1.70. The number of rotatable bonds is 3. The Labute approximate surface area is 141 Å².